The summed E-state index contributed by atoms with van der Waals surface area (Å²) in [6, 6.07) is 4.71. The highest BCUT2D eigenvalue weighted by Gasteiger charge is 2.25. The summed E-state index contributed by atoms with van der Waals surface area (Å²) in [6.07, 6.45) is 0. The van der Waals surface area contributed by atoms with Gasteiger partial charge in [0.1, 0.15) is 0 Å². The SMILES string of the molecule is O=S(=O)(c1ccc(Br)cc1Br)N(CCO)CCO. The molecule has 18 heavy (non-hydrogen) atoms. The Bertz CT molecular complexity index is 501. The van der Waals surface area contributed by atoms with Crippen LogP contribution >= 0.6 is 31.9 Å². The van der Waals surface area contributed by atoms with E-state index in [0.717, 1.165) is 8.78 Å². The fourth-order valence-electron chi connectivity index (χ4n) is 1.40. The number of benzene rings is 1. The number of halogens is 2. The quantitative estimate of drug-likeness (QED) is 0.749. The van der Waals surface area contributed by atoms with Crippen molar-refractivity contribution in [3.63, 3.8) is 0 Å². The van der Waals surface area contributed by atoms with Gasteiger partial charge in [-0.25, -0.2) is 8.42 Å². The molecule has 5 nitrogen and oxygen atoms in total. The van der Waals surface area contributed by atoms with E-state index in [0.29, 0.717) is 4.47 Å². The number of hydrogen-bond donors (Lipinski definition) is 2. The van der Waals surface area contributed by atoms with Gasteiger partial charge < -0.3 is 10.2 Å². The van der Waals surface area contributed by atoms with E-state index < -0.39 is 10.0 Å². The highest BCUT2D eigenvalue weighted by Crippen LogP contribution is 2.27. The van der Waals surface area contributed by atoms with Crippen molar-refractivity contribution in [1.82, 2.24) is 4.31 Å². The summed E-state index contributed by atoms with van der Waals surface area (Å²) in [4.78, 5) is 0.104. The molecule has 0 aliphatic rings. The fourth-order valence-corrected chi connectivity index (χ4v) is 4.53. The molecule has 1 aromatic carbocycles. The minimum Gasteiger partial charge on any atom is -0.395 e. The third-order valence-corrected chi connectivity index (χ3v) is 5.58. The molecule has 0 bridgehead atoms. The van der Waals surface area contributed by atoms with Crippen LogP contribution in [-0.2, 0) is 10.0 Å². The Balaban J connectivity index is 3.17. The van der Waals surface area contributed by atoms with Crippen molar-refractivity contribution in [2.45, 2.75) is 4.90 Å². The molecule has 1 rings (SSSR count). The maximum Gasteiger partial charge on any atom is 0.244 e. The molecule has 0 unspecified atom stereocenters. The number of sulfonamides is 1. The van der Waals surface area contributed by atoms with Crippen LogP contribution in [0.15, 0.2) is 32.0 Å². The molecule has 0 saturated carbocycles. The maximum atomic E-state index is 12.3. The van der Waals surface area contributed by atoms with Crippen LogP contribution in [0.25, 0.3) is 0 Å². The first-order valence-corrected chi connectivity index (χ1v) is 8.13. The molecule has 0 heterocycles. The highest BCUT2D eigenvalue weighted by molar-refractivity contribution is 9.11. The second-order valence-electron chi connectivity index (χ2n) is 3.43. The van der Waals surface area contributed by atoms with Crippen molar-refractivity contribution in [2.75, 3.05) is 26.3 Å². The predicted octanol–water partition coefficient (Wildman–Crippen LogP) is 1.19. The Morgan fingerprint density at radius 2 is 1.67 bits per heavy atom. The van der Waals surface area contributed by atoms with Gasteiger partial charge in [-0.05, 0) is 34.1 Å². The average molecular weight is 403 g/mol. The van der Waals surface area contributed by atoms with E-state index in [1.54, 1.807) is 12.1 Å². The summed E-state index contributed by atoms with van der Waals surface area (Å²) in [5.74, 6) is 0. The maximum absolute atomic E-state index is 12.3. The van der Waals surface area contributed by atoms with Crippen LogP contribution in [0.5, 0.6) is 0 Å². The lowest BCUT2D eigenvalue weighted by Crippen LogP contribution is -2.36. The molecule has 1 aromatic rings. The Morgan fingerprint density at radius 1 is 1.11 bits per heavy atom. The van der Waals surface area contributed by atoms with Gasteiger partial charge in [-0.3, -0.25) is 0 Å². The summed E-state index contributed by atoms with van der Waals surface area (Å²) in [7, 11) is -3.73. The zero-order chi connectivity index (χ0) is 13.8. The van der Waals surface area contributed by atoms with Crippen molar-refractivity contribution in [1.29, 1.82) is 0 Å². The molecule has 2 N–H and O–H groups in total. The van der Waals surface area contributed by atoms with E-state index in [1.165, 1.54) is 6.07 Å². The molecule has 0 saturated heterocycles. The molecule has 0 fully saturated rings. The molecule has 8 heteroatoms. The predicted molar refractivity (Wildman–Crippen MR) is 74.8 cm³/mol. The van der Waals surface area contributed by atoms with Gasteiger partial charge in [0.2, 0.25) is 10.0 Å². The summed E-state index contributed by atoms with van der Waals surface area (Å²) < 4.78 is 26.8. The smallest absolute Gasteiger partial charge is 0.244 e. The lowest BCUT2D eigenvalue weighted by molar-refractivity contribution is 0.217. The minimum atomic E-state index is -3.73. The Morgan fingerprint density at radius 3 is 2.11 bits per heavy atom. The standard InChI is InChI=1S/C10H13Br2NO4S/c11-8-1-2-10(9(12)7-8)18(16,17)13(3-5-14)4-6-15/h1-2,7,14-15H,3-6H2. The van der Waals surface area contributed by atoms with Crippen molar-refractivity contribution >= 4 is 41.9 Å². The van der Waals surface area contributed by atoms with Gasteiger partial charge in [-0.15, -0.1) is 0 Å². The number of nitrogens with zero attached hydrogens (tertiary/aromatic N) is 1. The van der Waals surface area contributed by atoms with Crippen LogP contribution in [0.3, 0.4) is 0 Å². The van der Waals surface area contributed by atoms with Crippen molar-refractivity contribution < 1.29 is 18.6 Å². The molecule has 0 aliphatic carbocycles. The van der Waals surface area contributed by atoms with Gasteiger partial charge in [0.15, 0.2) is 0 Å². The molecule has 0 amide bonds. The lowest BCUT2D eigenvalue weighted by Gasteiger charge is -2.21. The van der Waals surface area contributed by atoms with Crippen molar-refractivity contribution in [2.24, 2.45) is 0 Å². The summed E-state index contributed by atoms with van der Waals surface area (Å²) >= 11 is 6.44. The van der Waals surface area contributed by atoms with E-state index in [-0.39, 0.29) is 31.2 Å². The normalized spacial score (nSPS) is 12.1. The second kappa shape index (κ2) is 6.97. The van der Waals surface area contributed by atoms with Crippen molar-refractivity contribution in [3.05, 3.63) is 27.1 Å². The van der Waals surface area contributed by atoms with E-state index >= 15 is 0 Å². The van der Waals surface area contributed by atoms with Crippen molar-refractivity contribution in [3.8, 4) is 0 Å². The van der Waals surface area contributed by atoms with Gasteiger partial charge in [0.05, 0.1) is 18.1 Å². The van der Waals surface area contributed by atoms with Crippen LogP contribution in [0, 0.1) is 0 Å². The Hall–Kier alpha value is 0.01000. The molecular formula is C10H13Br2NO4S. The van der Waals surface area contributed by atoms with E-state index in [2.05, 4.69) is 31.9 Å². The number of aliphatic hydroxyl groups excluding tert-OH is 2. The monoisotopic (exact) mass is 401 g/mol. The summed E-state index contributed by atoms with van der Waals surface area (Å²) in [6.45, 7) is -0.697. The Labute approximate surface area is 123 Å². The van der Waals surface area contributed by atoms with Crippen LogP contribution in [0.2, 0.25) is 0 Å². The van der Waals surface area contributed by atoms with Crippen LogP contribution < -0.4 is 0 Å². The van der Waals surface area contributed by atoms with Crippen LogP contribution in [0.4, 0.5) is 0 Å². The first-order chi connectivity index (χ1) is 8.43. The third kappa shape index (κ3) is 3.75. The average Bonchev–Trinajstić information content (AvgIpc) is 2.28. The topological polar surface area (TPSA) is 77.8 Å². The molecule has 0 atom stereocenters. The minimum absolute atomic E-state index is 0.0502. The summed E-state index contributed by atoms with van der Waals surface area (Å²) in [5.41, 5.74) is 0. The fraction of sp³-hybridized carbons (Fsp3) is 0.400. The first kappa shape index (κ1) is 16.1. The summed E-state index contributed by atoms with van der Waals surface area (Å²) in [5, 5.41) is 17.8. The highest BCUT2D eigenvalue weighted by atomic mass is 79.9. The van der Waals surface area contributed by atoms with Crippen LogP contribution in [0.1, 0.15) is 0 Å². The van der Waals surface area contributed by atoms with E-state index in [1.807, 2.05) is 0 Å². The lowest BCUT2D eigenvalue weighted by atomic mass is 10.4. The largest absolute Gasteiger partial charge is 0.395 e. The van der Waals surface area contributed by atoms with Gasteiger partial charge in [-0.2, -0.15) is 4.31 Å². The molecule has 0 aromatic heterocycles. The number of rotatable bonds is 6. The zero-order valence-electron chi connectivity index (χ0n) is 9.38. The first-order valence-electron chi connectivity index (χ1n) is 5.10. The molecular weight excluding hydrogens is 390 g/mol. The van der Waals surface area contributed by atoms with Gasteiger partial charge >= 0.3 is 0 Å². The zero-order valence-corrected chi connectivity index (χ0v) is 13.4. The van der Waals surface area contributed by atoms with E-state index in [4.69, 9.17) is 10.2 Å². The molecule has 102 valence electrons. The van der Waals surface area contributed by atoms with Crippen LogP contribution in [-0.4, -0.2) is 49.2 Å². The van der Waals surface area contributed by atoms with E-state index in [9.17, 15) is 8.42 Å². The number of hydrogen-bond acceptors (Lipinski definition) is 4. The van der Waals surface area contributed by atoms with Gasteiger partial charge in [-0.1, -0.05) is 15.9 Å². The Kier molecular flexibility index (Phi) is 6.22. The van der Waals surface area contributed by atoms with Gasteiger partial charge in [0, 0.05) is 22.0 Å². The second-order valence-corrected chi connectivity index (χ2v) is 7.10. The molecule has 0 spiro atoms. The molecule has 0 aliphatic heterocycles. The third-order valence-electron chi connectivity index (χ3n) is 2.21. The molecule has 0 radical (unpaired) electrons. The number of aliphatic hydroxyl groups is 2. The van der Waals surface area contributed by atoms with Gasteiger partial charge in [0.25, 0.3) is 0 Å².